The summed E-state index contributed by atoms with van der Waals surface area (Å²) >= 11 is 1.71. The molecule has 0 fully saturated rings. The lowest BCUT2D eigenvalue weighted by molar-refractivity contribution is -0.128. The fourth-order valence-electron chi connectivity index (χ4n) is 1.65. The van der Waals surface area contributed by atoms with Crippen LogP contribution in [0.4, 0.5) is 5.13 Å². The molecule has 1 N–H and O–H groups in total. The predicted octanol–water partition coefficient (Wildman–Crippen LogP) is 1.56. The van der Waals surface area contributed by atoms with Gasteiger partial charge in [-0.1, -0.05) is 0 Å². The van der Waals surface area contributed by atoms with Gasteiger partial charge in [0.1, 0.15) is 0 Å². The van der Waals surface area contributed by atoms with Gasteiger partial charge in [-0.3, -0.25) is 4.79 Å². The minimum atomic E-state index is 0.153. The summed E-state index contributed by atoms with van der Waals surface area (Å²) in [6, 6.07) is 0. The second-order valence-corrected chi connectivity index (χ2v) is 5.59. The normalized spacial score (nSPS) is 10.5. The first kappa shape index (κ1) is 15.9. The highest BCUT2D eigenvalue weighted by Gasteiger charge is 2.08. The van der Waals surface area contributed by atoms with Crippen LogP contribution in [-0.4, -0.2) is 49.5 Å². The van der Waals surface area contributed by atoms with Gasteiger partial charge in [-0.25, -0.2) is 4.98 Å². The first-order chi connectivity index (χ1) is 9.08. The van der Waals surface area contributed by atoms with Crippen LogP contribution in [0.1, 0.15) is 25.1 Å². The Morgan fingerprint density at radius 2 is 2.05 bits per heavy atom. The van der Waals surface area contributed by atoms with Crippen molar-refractivity contribution in [2.24, 2.45) is 0 Å². The Morgan fingerprint density at radius 3 is 2.63 bits per heavy atom. The molecule has 0 bridgehead atoms. The molecule has 1 amide bonds. The molecule has 108 valence electrons. The average molecular weight is 284 g/mol. The van der Waals surface area contributed by atoms with Crippen LogP contribution in [0.3, 0.4) is 0 Å². The van der Waals surface area contributed by atoms with Crippen LogP contribution in [0.5, 0.6) is 0 Å². The fraction of sp³-hybridized carbons (Fsp3) is 0.692. The summed E-state index contributed by atoms with van der Waals surface area (Å²) in [7, 11) is 3.56. The first-order valence-corrected chi connectivity index (χ1v) is 7.50. The van der Waals surface area contributed by atoms with E-state index in [0.717, 1.165) is 24.8 Å². The second-order valence-electron chi connectivity index (χ2n) is 4.50. The lowest BCUT2D eigenvalue weighted by atomic mass is 10.4. The lowest BCUT2D eigenvalue weighted by Gasteiger charge is -2.16. The van der Waals surface area contributed by atoms with Crippen LogP contribution < -0.4 is 10.2 Å². The summed E-state index contributed by atoms with van der Waals surface area (Å²) in [4.78, 5) is 20.9. The Labute approximate surface area is 119 Å². The van der Waals surface area contributed by atoms with E-state index in [1.165, 1.54) is 4.88 Å². The molecule has 0 atom stereocenters. The molecule has 6 heteroatoms. The van der Waals surface area contributed by atoms with Gasteiger partial charge in [-0.2, -0.15) is 0 Å². The number of aromatic nitrogens is 1. The minimum absolute atomic E-state index is 0.153. The van der Waals surface area contributed by atoms with E-state index in [1.54, 1.807) is 30.3 Å². The third-order valence-corrected chi connectivity index (χ3v) is 3.95. The van der Waals surface area contributed by atoms with Crippen molar-refractivity contribution in [1.82, 2.24) is 15.2 Å². The van der Waals surface area contributed by atoms with Crippen molar-refractivity contribution in [3.63, 3.8) is 0 Å². The van der Waals surface area contributed by atoms with Gasteiger partial charge in [0.25, 0.3) is 0 Å². The van der Waals surface area contributed by atoms with E-state index in [0.29, 0.717) is 13.0 Å². The maximum atomic E-state index is 11.4. The van der Waals surface area contributed by atoms with Crippen molar-refractivity contribution in [2.45, 2.75) is 26.8 Å². The molecule has 5 nitrogen and oxygen atoms in total. The Bertz CT molecular complexity index is 388. The van der Waals surface area contributed by atoms with E-state index in [2.05, 4.69) is 29.0 Å². The zero-order chi connectivity index (χ0) is 14.3. The highest BCUT2D eigenvalue weighted by molar-refractivity contribution is 7.15. The van der Waals surface area contributed by atoms with E-state index in [9.17, 15) is 4.79 Å². The molecule has 0 radical (unpaired) electrons. The molecular formula is C13H24N4OS. The number of amides is 1. The molecule has 0 saturated heterocycles. The molecule has 0 unspecified atom stereocenters. The number of nitrogens with zero attached hydrogens (tertiary/aromatic N) is 3. The molecule has 0 aliphatic rings. The zero-order valence-corrected chi connectivity index (χ0v) is 13.1. The molecule has 0 saturated carbocycles. The standard InChI is InChI=1S/C13H24N4OS/c1-5-17(6-2)13-15-10-11(19-13)9-14-8-7-12(18)16(3)4/h10,14H,5-9H2,1-4H3. The number of thiazole rings is 1. The molecule has 1 heterocycles. The number of carbonyl (C=O) groups excluding carboxylic acids is 1. The van der Waals surface area contributed by atoms with E-state index in [1.807, 2.05) is 6.20 Å². The number of hydrogen-bond donors (Lipinski definition) is 1. The quantitative estimate of drug-likeness (QED) is 0.736. The molecule has 1 rings (SSSR count). The van der Waals surface area contributed by atoms with E-state index in [4.69, 9.17) is 0 Å². The van der Waals surface area contributed by atoms with E-state index in [-0.39, 0.29) is 5.91 Å². The third kappa shape index (κ3) is 5.16. The zero-order valence-electron chi connectivity index (χ0n) is 12.3. The van der Waals surface area contributed by atoms with E-state index < -0.39 is 0 Å². The van der Waals surface area contributed by atoms with Gasteiger partial charge in [-0.05, 0) is 13.8 Å². The van der Waals surface area contributed by atoms with Gasteiger partial charge in [0.15, 0.2) is 5.13 Å². The maximum Gasteiger partial charge on any atom is 0.223 e. The van der Waals surface area contributed by atoms with Crippen molar-refractivity contribution < 1.29 is 4.79 Å². The van der Waals surface area contributed by atoms with Crippen molar-refractivity contribution in [3.05, 3.63) is 11.1 Å². The summed E-state index contributed by atoms with van der Waals surface area (Å²) in [6.07, 6.45) is 2.45. The van der Waals surface area contributed by atoms with Crippen LogP contribution in [0.15, 0.2) is 6.20 Å². The molecular weight excluding hydrogens is 260 g/mol. The molecule has 0 aliphatic carbocycles. The molecule has 1 aromatic rings. The second kappa shape index (κ2) is 8.12. The van der Waals surface area contributed by atoms with Crippen LogP contribution in [0.25, 0.3) is 0 Å². The van der Waals surface area contributed by atoms with Gasteiger partial charge in [-0.15, -0.1) is 11.3 Å². The number of carbonyl (C=O) groups is 1. The smallest absolute Gasteiger partial charge is 0.223 e. The van der Waals surface area contributed by atoms with E-state index >= 15 is 0 Å². The Balaban J connectivity index is 2.32. The Kier molecular flexibility index (Phi) is 6.80. The SMILES string of the molecule is CCN(CC)c1ncc(CNCCC(=O)N(C)C)s1. The molecule has 19 heavy (non-hydrogen) atoms. The monoisotopic (exact) mass is 284 g/mol. The molecule has 0 spiro atoms. The summed E-state index contributed by atoms with van der Waals surface area (Å²) in [5.74, 6) is 0.153. The fourth-order valence-corrected chi connectivity index (χ4v) is 2.66. The highest BCUT2D eigenvalue weighted by atomic mass is 32.1. The summed E-state index contributed by atoms with van der Waals surface area (Å²) in [5, 5.41) is 4.36. The highest BCUT2D eigenvalue weighted by Crippen LogP contribution is 2.21. The van der Waals surface area contributed by atoms with Crippen LogP contribution in [-0.2, 0) is 11.3 Å². The topological polar surface area (TPSA) is 48.5 Å². The minimum Gasteiger partial charge on any atom is -0.349 e. The molecule has 0 aliphatic heterocycles. The van der Waals surface area contributed by atoms with Gasteiger partial charge < -0.3 is 15.1 Å². The van der Waals surface area contributed by atoms with Gasteiger partial charge in [0, 0.05) is 57.8 Å². The van der Waals surface area contributed by atoms with Gasteiger partial charge in [0.2, 0.25) is 5.91 Å². The maximum absolute atomic E-state index is 11.4. The summed E-state index contributed by atoms with van der Waals surface area (Å²) in [5.41, 5.74) is 0. The van der Waals surface area contributed by atoms with Gasteiger partial charge in [0.05, 0.1) is 0 Å². The number of rotatable bonds is 8. The summed E-state index contributed by atoms with van der Waals surface area (Å²) < 4.78 is 0. The lowest BCUT2D eigenvalue weighted by Crippen LogP contribution is -2.26. The first-order valence-electron chi connectivity index (χ1n) is 6.69. The van der Waals surface area contributed by atoms with Crippen molar-refractivity contribution in [3.8, 4) is 0 Å². The van der Waals surface area contributed by atoms with Crippen LogP contribution in [0.2, 0.25) is 0 Å². The van der Waals surface area contributed by atoms with Gasteiger partial charge >= 0.3 is 0 Å². The Hall–Kier alpha value is -1.14. The largest absolute Gasteiger partial charge is 0.349 e. The van der Waals surface area contributed by atoms with Crippen molar-refractivity contribution in [2.75, 3.05) is 38.6 Å². The number of hydrogen-bond acceptors (Lipinski definition) is 5. The average Bonchev–Trinajstić information content (AvgIpc) is 2.84. The number of anilines is 1. The van der Waals surface area contributed by atoms with Crippen LogP contribution >= 0.6 is 11.3 Å². The van der Waals surface area contributed by atoms with Crippen molar-refractivity contribution in [1.29, 1.82) is 0 Å². The predicted molar refractivity (Wildman–Crippen MR) is 80.7 cm³/mol. The summed E-state index contributed by atoms with van der Waals surface area (Å²) in [6.45, 7) is 7.71. The third-order valence-electron chi connectivity index (χ3n) is 2.89. The molecule has 0 aromatic carbocycles. The number of nitrogens with one attached hydrogen (secondary N) is 1. The Morgan fingerprint density at radius 1 is 1.37 bits per heavy atom. The molecule has 1 aromatic heterocycles. The van der Waals surface area contributed by atoms with Crippen LogP contribution in [0, 0.1) is 0 Å². The van der Waals surface area contributed by atoms with Crippen molar-refractivity contribution >= 4 is 22.4 Å².